The van der Waals surface area contributed by atoms with Gasteiger partial charge in [-0.3, -0.25) is 14.5 Å². The molecular formula is C20H18F3NO3. The fourth-order valence-electron chi connectivity index (χ4n) is 3.13. The Hall–Kier alpha value is -2.83. The van der Waals surface area contributed by atoms with E-state index in [1.54, 1.807) is 18.2 Å². The Morgan fingerprint density at radius 2 is 1.74 bits per heavy atom. The lowest BCUT2D eigenvalue weighted by Crippen LogP contribution is -2.29. The average molecular weight is 377 g/mol. The summed E-state index contributed by atoms with van der Waals surface area (Å²) in [6.45, 7) is 4.07. The van der Waals surface area contributed by atoms with Crippen LogP contribution in [0.3, 0.4) is 0 Å². The highest BCUT2D eigenvalue weighted by Crippen LogP contribution is 2.37. The summed E-state index contributed by atoms with van der Waals surface area (Å²) >= 11 is 0. The van der Waals surface area contributed by atoms with Gasteiger partial charge in [0, 0.05) is 12.1 Å². The molecule has 2 aromatic carbocycles. The van der Waals surface area contributed by atoms with Crippen molar-refractivity contribution in [2.24, 2.45) is 0 Å². The largest absolute Gasteiger partial charge is 0.573 e. The maximum atomic E-state index is 12.5. The van der Waals surface area contributed by atoms with E-state index in [0.29, 0.717) is 17.2 Å². The maximum Gasteiger partial charge on any atom is 0.573 e. The Bertz CT molecular complexity index is 860. The van der Waals surface area contributed by atoms with Crippen molar-refractivity contribution in [3.05, 3.63) is 59.7 Å². The Morgan fingerprint density at radius 1 is 1.07 bits per heavy atom. The molecule has 0 aromatic heterocycles. The van der Waals surface area contributed by atoms with Crippen LogP contribution in [0.2, 0.25) is 0 Å². The van der Waals surface area contributed by atoms with Gasteiger partial charge in [-0.2, -0.15) is 0 Å². The van der Waals surface area contributed by atoms with Crippen molar-refractivity contribution < 1.29 is 27.5 Å². The number of halogens is 3. The topological polar surface area (TPSA) is 46.6 Å². The van der Waals surface area contributed by atoms with E-state index < -0.39 is 24.1 Å². The van der Waals surface area contributed by atoms with E-state index in [4.69, 9.17) is 0 Å². The predicted octanol–water partition coefficient (Wildman–Crippen LogP) is 4.76. The number of ether oxygens (including phenoxy) is 1. The van der Waals surface area contributed by atoms with E-state index >= 15 is 0 Å². The number of anilines is 1. The molecule has 0 N–H and O–H groups in total. The molecule has 1 unspecified atom stereocenters. The Kier molecular flexibility index (Phi) is 4.95. The number of benzene rings is 2. The van der Waals surface area contributed by atoms with Gasteiger partial charge in [0.25, 0.3) is 5.91 Å². The number of carbonyl (C=O) groups is 2. The first-order valence-corrected chi connectivity index (χ1v) is 8.48. The standard InChI is InChI=1S/C20H18F3NO3/c1-12(2)13-6-8-15(9-7-13)24-17(11-18(25)19(24)26)14-4-3-5-16(10-14)27-20(21,22)23/h3-10,12,17H,11H2,1-2H3. The van der Waals surface area contributed by atoms with Gasteiger partial charge in [-0.1, -0.05) is 38.1 Å². The summed E-state index contributed by atoms with van der Waals surface area (Å²) in [5.41, 5.74) is 2.01. The lowest BCUT2D eigenvalue weighted by molar-refractivity contribution is -0.274. The normalized spacial score (nSPS) is 17.7. The molecule has 1 saturated heterocycles. The summed E-state index contributed by atoms with van der Waals surface area (Å²) in [7, 11) is 0. The maximum absolute atomic E-state index is 12.5. The average Bonchev–Trinajstić information content (AvgIpc) is 2.89. The highest BCUT2D eigenvalue weighted by Gasteiger charge is 2.40. The van der Waals surface area contributed by atoms with Crippen molar-refractivity contribution in [1.82, 2.24) is 0 Å². The van der Waals surface area contributed by atoms with E-state index in [9.17, 15) is 22.8 Å². The molecule has 0 aliphatic carbocycles. The summed E-state index contributed by atoms with van der Waals surface area (Å²) < 4.78 is 41.4. The molecule has 0 spiro atoms. The highest BCUT2D eigenvalue weighted by molar-refractivity contribution is 6.44. The molecule has 1 heterocycles. The first kappa shape index (κ1) is 18.9. The highest BCUT2D eigenvalue weighted by atomic mass is 19.4. The molecule has 7 heteroatoms. The smallest absolute Gasteiger partial charge is 0.406 e. The first-order valence-electron chi connectivity index (χ1n) is 8.48. The molecule has 1 aliphatic heterocycles. The molecule has 2 aromatic rings. The van der Waals surface area contributed by atoms with Crippen LogP contribution < -0.4 is 9.64 Å². The van der Waals surface area contributed by atoms with E-state index in [0.717, 1.165) is 5.56 Å². The second-order valence-corrected chi connectivity index (χ2v) is 6.68. The van der Waals surface area contributed by atoms with Crippen molar-refractivity contribution in [2.75, 3.05) is 4.90 Å². The van der Waals surface area contributed by atoms with Crippen LogP contribution in [0, 0.1) is 0 Å². The molecule has 3 rings (SSSR count). The van der Waals surface area contributed by atoms with Gasteiger partial charge in [0.05, 0.1) is 6.04 Å². The second-order valence-electron chi connectivity index (χ2n) is 6.68. The third-order valence-corrected chi connectivity index (χ3v) is 4.46. The van der Waals surface area contributed by atoms with Crippen LogP contribution in [0.15, 0.2) is 48.5 Å². The number of nitrogens with zero attached hydrogens (tertiary/aromatic N) is 1. The van der Waals surface area contributed by atoms with Crippen LogP contribution >= 0.6 is 0 Å². The van der Waals surface area contributed by atoms with Gasteiger partial charge < -0.3 is 4.74 Å². The Labute approximate surface area is 154 Å². The third-order valence-electron chi connectivity index (χ3n) is 4.46. The molecule has 1 fully saturated rings. The number of ketones is 1. The molecule has 27 heavy (non-hydrogen) atoms. The lowest BCUT2D eigenvalue weighted by atomic mass is 10.0. The number of hydrogen-bond acceptors (Lipinski definition) is 3. The van der Waals surface area contributed by atoms with Gasteiger partial charge >= 0.3 is 6.36 Å². The zero-order valence-electron chi connectivity index (χ0n) is 14.8. The number of rotatable bonds is 4. The first-order chi connectivity index (χ1) is 12.7. The molecule has 0 bridgehead atoms. The summed E-state index contributed by atoms with van der Waals surface area (Å²) in [5, 5.41) is 0. The summed E-state index contributed by atoms with van der Waals surface area (Å²) in [6.07, 6.45) is -4.91. The SMILES string of the molecule is CC(C)c1ccc(N2C(=O)C(=O)CC2c2cccc(OC(F)(F)F)c2)cc1. The molecular weight excluding hydrogens is 359 g/mol. The fraction of sp³-hybridized carbons (Fsp3) is 0.300. The summed E-state index contributed by atoms with van der Waals surface area (Å²) in [5.74, 6) is -1.32. The van der Waals surface area contributed by atoms with Crippen molar-refractivity contribution in [3.8, 4) is 5.75 Å². The fourth-order valence-corrected chi connectivity index (χ4v) is 3.13. The van der Waals surface area contributed by atoms with E-state index in [1.165, 1.54) is 23.1 Å². The molecule has 1 atom stereocenters. The Balaban J connectivity index is 1.95. The summed E-state index contributed by atoms with van der Waals surface area (Å²) in [6, 6.07) is 11.9. The van der Waals surface area contributed by atoms with Crippen LogP contribution in [0.25, 0.3) is 0 Å². The zero-order valence-corrected chi connectivity index (χ0v) is 14.8. The quantitative estimate of drug-likeness (QED) is 0.722. The van der Waals surface area contributed by atoms with Gasteiger partial charge in [0.15, 0.2) is 0 Å². The van der Waals surface area contributed by atoms with Crippen molar-refractivity contribution in [1.29, 1.82) is 0 Å². The van der Waals surface area contributed by atoms with Crippen LogP contribution in [0.4, 0.5) is 18.9 Å². The van der Waals surface area contributed by atoms with Crippen molar-refractivity contribution in [3.63, 3.8) is 0 Å². The molecule has 0 radical (unpaired) electrons. The minimum Gasteiger partial charge on any atom is -0.406 e. The number of carbonyl (C=O) groups excluding carboxylic acids is 2. The van der Waals surface area contributed by atoms with Crippen LogP contribution in [-0.2, 0) is 9.59 Å². The van der Waals surface area contributed by atoms with Crippen molar-refractivity contribution in [2.45, 2.75) is 38.6 Å². The Morgan fingerprint density at radius 3 is 2.33 bits per heavy atom. The monoisotopic (exact) mass is 377 g/mol. The molecule has 142 valence electrons. The number of amides is 1. The minimum absolute atomic E-state index is 0.0970. The number of Topliss-reactive ketones (excluding diaryl/α,β-unsaturated/α-hetero) is 1. The van der Waals surface area contributed by atoms with Crippen LogP contribution in [0.1, 0.15) is 43.4 Å². The summed E-state index contributed by atoms with van der Waals surface area (Å²) in [4.78, 5) is 25.7. The number of hydrogen-bond donors (Lipinski definition) is 0. The van der Waals surface area contributed by atoms with E-state index in [-0.39, 0.29) is 12.2 Å². The van der Waals surface area contributed by atoms with E-state index in [1.807, 2.05) is 26.0 Å². The molecule has 1 aliphatic rings. The van der Waals surface area contributed by atoms with Gasteiger partial charge in [-0.05, 0) is 41.3 Å². The van der Waals surface area contributed by atoms with Crippen LogP contribution in [-0.4, -0.2) is 18.1 Å². The molecule has 0 saturated carbocycles. The number of alkyl halides is 3. The zero-order chi connectivity index (χ0) is 19.8. The van der Waals surface area contributed by atoms with Crippen molar-refractivity contribution >= 4 is 17.4 Å². The van der Waals surface area contributed by atoms with Gasteiger partial charge in [-0.15, -0.1) is 13.2 Å². The lowest BCUT2D eigenvalue weighted by Gasteiger charge is -2.25. The molecule has 1 amide bonds. The predicted molar refractivity (Wildman–Crippen MR) is 93.5 cm³/mol. The van der Waals surface area contributed by atoms with Crippen LogP contribution in [0.5, 0.6) is 5.75 Å². The minimum atomic E-state index is -4.81. The molecule has 4 nitrogen and oxygen atoms in total. The van der Waals surface area contributed by atoms with Gasteiger partial charge in [0.1, 0.15) is 5.75 Å². The second kappa shape index (κ2) is 7.06. The van der Waals surface area contributed by atoms with Gasteiger partial charge in [0.2, 0.25) is 5.78 Å². The van der Waals surface area contributed by atoms with E-state index in [2.05, 4.69) is 4.74 Å². The van der Waals surface area contributed by atoms with Gasteiger partial charge in [-0.25, -0.2) is 0 Å². The third kappa shape index (κ3) is 4.13.